The van der Waals surface area contributed by atoms with Crippen LogP contribution in [0.5, 0.6) is 0 Å². The number of nitrogens with zero attached hydrogens (tertiary/aromatic N) is 7. The predicted octanol–water partition coefficient (Wildman–Crippen LogP) is 6.92. The van der Waals surface area contributed by atoms with Gasteiger partial charge < -0.3 is 19.9 Å². The van der Waals surface area contributed by atoms with Crippen LogP contribution in [0.3, 0.4) is 0 Å². The Labute approximate surface area is 304 Å². The molecule has 0 unspecified atom stereocenters. The lowest BCUT2D eigenvalue weighted by Gasteiger charge is -2.39. The van der Waals surface area contributed by atoms with Crippen molar-refractivity contribution in [2.45, 2.75) is 83.1 Å². The first-order chi connectivity index (χ1) is 24.7. The summed E-state index contributed by atoms with van der Waals surface area (Å²) >= 11 is 13.1. The third-order valence-corrected chi connectivity index (χ3v) is 12.6. The molecule has 2 aliphatic carbocycles. The third-order valence-electron chi connectivity index (χ3n) is 11.8. The van der Waals surface area contributed by atoms with Gasteiger partial charge in [-0.25, -0.2) is 14.1 Å². The van der Waals surface area contributed by atoms with E-state index in [1.165, 1.54) is 0 Å². The summed E-state index contributed by atoms with van der Waals surface area (Å²) in [7, 11) is 0. The quantitative estimate of drug-likeness (QED) is 0.178. The van der Waals surface area contributed by atoms with E-state index in [0.29, 0.717) is 63.8 Å². The summed E-state index contributed by atoms with van der Waals surface area (Å²) in [5, 5.41) is 33.9. The minimum absolute atomic E-state index is 0.0215. The lowest BCUT2D eigenvalue weighted by molar-refractivity contribution is -0.133. The minimum Gasteiger partial charge on any atom is -0.390 e. The third kappa shape index (κ3) is 5.01. The maximum Gasteiger partial charge on any atom is 0.226 e. The van der Waals surface area contributed by atoms with E-state index in [-0.39, 0.29) is 59.6 Å². The standard InChI is InChI=1S/C38H37Cl2FN8O2/c1-18-25-14-31(30-13-23(16-47(30)38(51)20-8-9-20)49-19(2)29(17-50)45-46-49)48(36-22-12-28(36)43-15-22)37(25)26-11-21(5-4-10-42)32(34(41)35(26)44-18)24-6-3-7-27(39)33(24)40/h3,6-7,11,14,20,22-23,28,30,36,43,50H,4-5,8-9,12-13,15-17H2,1-2H3/t22-,23+,28-,30-,36+/m1/s1. The van der Waals surface area contributed by atoms with Crippen molar-refractivity contribution in [1.29, 1.82) is 5.26 Å². The molecule has 2 saturated carbocycles. The number of aromatic nitrogens is 5. The summed E-state index contributed by atoms with van der Waals surface area (Å²) in [6, 6.07) is 11.6. The number of aliphatic hydroxyl groups is 1. The van der Waals surface area contributed by atoms with Crippen LogP contribution in [-0.2, 0) is 17.8 Å². The Hall–Kier alpha value is -4.08. The number of carbonyl (C=O) groups excluding carboxylic acids is 1. The number of likely N-dealkylation sites (tertiary alicyclic amines) is 1. The van der Waals surface area contributed by atoms with E-state index < -0.39 is 5.82 Å². The van der Waals surface area contributed by atoms with Gasteiger partial charge in [0.15, 0.2) is 5.82 Å². The lowest BCUT2D eigenvalue weighted by Crippen LogP contribution is -2.41. The highest BCUT2D eigenvalue weighted by molar-refractivity contribution is 6.43. The molecular formula is C38H37Cl2FN8O2. The number of nitrogens with one attached hydrogen (secondary N) is 1. The predicted molar refractivity (Wildman–Crippen MR) is 192 cm³/mol. The van der Waals surface area contributed by atoms with Crippen molar-refractivity contribution in [1.82, 2.24) is 34.8 Å². The SMILES string of the molecule is Cc1nc2c(F)c(-c3cccc(Cl)c3Cl)c(CCC#N)cc2c2c1cc([C@H]1C[C@H](n3nnc(CO)c3C)CN1C(=O)C1CC1)n2[C@H]1[C@H]2CN[C@@H]1C2. The average molecular weight is 728 g/mol. The largest absolute Gasteiger partial charge is 0.390 e. The van der Waals surface area contributed by atoms with E-state index in [0.717, 1.165) is 48.1 Å². The van der Waals surface area contributed by atoms with Crippen molar-refractivity contribution < 1.29 is 14.3 Å². The van der Waals surface area contributed by atoms with Gasteiger partial charge >= 0.3 is 0 Å². The van der Waals surface area contributed by atoms with Gasteiger partial charge in [-0.2, -0.15) is 5.26 Å². The summed E-state index contributed by atoms with van der Waals surface area (Å²) < 4.78 is 21.4. The first-order valence-corrected chi connectivity index (χ1v) is 18.5. The fourth-order valence-electron chi connectivity index (χ4n) is 9.05. The number of fused-ring (bicyclic) bond motifs is 4. The summed E-state index contributed by atoms with van der Waals surface area (Å²) in [6.07, 6.45) is 3.99. The number of pyridine rings is 1. The molecule has 5 aromatic rings. The topological polar surface area (TPSA) is 125 Å². The number of carbonyl (C=O) groups is 1. The van der Waals surface area contributed by atoms with Crippen LogP contribution >= 0.6 is 23.2 Å². The van der Waals surface area contributed by atoms with E-state index in [1.54, 1.807) is 18.2 Å². The van der Waals surface area contributed by atoms with Crippen LogP contribution in [0.25, 0.3) is 32.9 Å². The van der Waals surface area contributed by atoms with E-state index in [9.17, 15) is 15.2 Å². The molecule has 10 nitrogen and oxygen atoms in total. The summed E-state index contributed by atoms with van der Waals surface area (Å²) in [4.78, 5) is 21.0. The molecule has 51 heavy (non-hydrogen) atoms. The van der Waals surface area contributed by atoms with Crippen LogP contribution in [0.15, 0.2) is 30.3 Å². The number of aliphatic hydroxyl groups excluding tert-OH is 1. The smallest absolute Gasteiger partial charge is 0.226 e. The molecule has 3 aromatic heterocycles. The van der Waals surface area contributed by atoms with Crippen LogP contribution in [-0.4, -0.2) is 59.6 Å². The Morgan fingerprint density at radius 3 is 2.69 bits per heavy atom. The average Bonchev–Trinajstić information content (AvgIpc) is 3.53. The number of hydrogen-bond donors (Lipinski definition) is 2. The molecular weight excluding hydrogens is 690 g/mol. The van der Waals surface area contributed by atoms with Gasteiger partial charge in [0.2, 0.25) is 5.91 Å². The number of amides is 1. The molecule has 5 aliphatic rings. The minimum atomic E-state index is -0.494. The summed E-state index contributed by atoms with van der Waals surface area (Å²) in [5.74, 6) is 0.0798. The molecule has 3 aliphatic heterocycles. The van der Waals surface area contributed by atoms with Crippen LogP contribution in [0.4, 0.5) is 4.39 Å². The highest BCUT2D eigenvalue weighted by atomic mass is 35.5. The van der Waals surface area contributed by atoms with Crippen molar-refractivity contribution in [2.75, 3.05) is 13.1 Å². The van der Waals surface area contributed by atoms with Gasteiger partial charge in [-0.05, 0) is 75.6 Å². The molecule has 0 spiro atoms. The Morgan fingerprint density at radius 2 is 2.00 bits per heavy atom. The number of aryl methyl sites for hydroxylation is 2. The maximum atomic E-state index is 17.2. The second-order valence-corrected chi connectivity index (χ2v) is 15.5. The van der Waals surface area contributed by atoms with Crippen LogP contribution in [0.1, 0.15) is 78.6 Å². The molecule has 5 atom stereocenters. The first kappa shape index (κ1) is 32.8. The highest BCUT2D eigenvalue weighted by Crippen LogP contribution is 2.52. The van der Waals surface area contributed by atoms with Gasteiger partial charge in [0.1, 0.15) is 11.2 Å². The summed E-state index contributed by atoms with van der Waals surface area (Å²) in [5.41, 5.74) is 5.62. The van der Waals surface area contributed by atoms with Crippen molar-refractivity contribution >= 4 is 50.9 Å². The highest BCUT2D eigenvalue weighted by Gasteiger charge is 2.51. The van der Waals surface area contributed by atoms with Crippen molar-refractivity contribution in [3.05, 3.63) is 74.5 Å². The van der Waals surface area contributed by atoms with Crippen LogP contribution in [0, 0.1) is 42.8 Å². The zero-order valence-electron chi connectivity index (χ0n) is 28.3. The van der Waals surface area contributed by atoms with Crippen molar-refractivity contribution in [3.63, 3.8) is 0 Å². The van der Waals surface area contributed by atoms with Gasteiger partial charge in [-0.3, -0.25) is 4.79 Å². The van der Waals surface area contributed by atoms with Gasteiger partial charge in [-0.1, -0.05) is 40.5 Å². The summed E-state index contributed by atoms with van der Waals surface area (Å²) in [6.45, 7) is 5.01. The zero-order chi connectivity index (χ0) is 35.3. The molecule has 2 aromatic carbocycles. The van der Waals surface area contributed by atoms with Gasteiger partial charge in [0.05, 0.1) is 52.1 Å². The Bertz CT molecular complexity index is 2300. The number of nitriles is 1. The van der Waals surface area contributed by atoms with Crippen LogP contribution in [0.2, 0.25) is 10.0 Å². The van der Waals surface area contributed by atoms with Gasteiger partial charge in [0, 0.05) is 64.8 Å². The van der Waals surface area contributed by atoms with Crippen molar-refractivity contribution in [2.24, 2.45) is 11.8 Å². The Morgan fingerprint density at radius 1 is 1.18 bits per heavy atom. The molecule has 2 N–H and O–H groups in total. The number of rotatable bonds is 8. The Kier molecular flexibility index (Phi) is 7.89. The van der Waals surface area contributed by atoms with Gasteiger partial charge in [0.25, 0.3) is 0 Å². The Balaban J connectivity index is 1.29. The fraction of sp³-hybridized carbons (Fsp3) is 0.447. The zero-order valence-corrected chi connectivity index (χ0v) is 29.8. The molecule has 0 radical (unpaired) electrons. The molecule has 2 bridgehead atoms. The molecule has 10 rings (SSSR count). The molecule has 262 valence electrons. The van der Waals surface area contributed by atoms with Gasteiger partial charge in [-0.15, -0.1) is 5.10 Å². The molecule has 1 amide bonds. The monoisotopic (exact) mass is 726 g/mol. The van der Waals surface area contributed by atoms with Crippen LogP contribution < -0.4 is 5.32 Å². The normalized spacial score (nSPS) is 24.1. The maximum absolute atomic E-state index is 17.2. The van der Waals surface area contributed by atoms with E-state index in [4.69, 9.17) is 28.2 Å². The first-order valence-electron chi connectivity index (χ1n) is 17.7. The number of benzene rings is 2. The second kappa shape index (κ2) is 12.3. The van der Waals surface area contributed by atoms with E-state index in [1.807, 2.05) is 29.5 Å². The fourth-order valence-corrected chi connectivity index (χ4v) is 9.44. The van der Waals surface area contributed by atoms with E-state index in [2.05, 4.69) is 32.3 Å². The van der Waals surface area contributed by atoms with E-state index >= 15 is 4.39 Å². The molecule has 6 heterocycles. The molecule has 13 heteroatoms. The second-order valence-electron chi connectivity index (χ2n) is 14.7. The molecule has 5 fully saturated rings. The molecule has 3 saturated heterocycles. The van der Waals surface area contributed by atoms with Crippen molar-refractivity contribution in [3.8, 4) is 17.2 Å². The number of halogens is 3. The lowest BCUT2D eigenvalue weighted by atomic mass is 9.79. The number of hydrogen-bond acceptors (Lipinski definition) is 7.